The topological polar surface area (TPSA) is 38.9 Å². The van der Waals surface area contributed by atoms with Crippen LogP contribution in [0.25, 0.3) is 0 Å². The van der Waals surface area contributed by atoms with Crippen LogP contribution in [0.3, 0.4) is 0 Å². The van der Waals surface area contributed by atoms with Crippen molar-refractivity contribution >= 4 is 11.6 Å². The molecule has 0 bridgehead atoms. The molecule has 3 nitrogen and oxygen atoms in total. The zero-order valence-corrected chi connectivity index (χ0v) is 7.71. The van der Waals surface area contributed by atoms with Gasteiger partial charge in [-0.2, -0.15) is 0 Å². The van der Waals surface area contributed by atoms with Crippen molar-refractivity contribution in [2.24, 2.45) is 5.92 Å². The van der Waals surface area contributed by atoms with E-state index in [9.17, 15) is 0 Å². The molecule has 1 aromatic heterocycles. The Morgan fingerprint density at radius 2 is 2.33 bits per heavy atom. The summed E-state index contributed by atoms with van der Waals surface area (Å²) in [7, 11) is 0. The van der Waals surface area contributed by atoms with E-state index in [2.05, 4.69) is 10.2 Å². The van der Waals surface area contributed by atoms with Crippen LogP contribution in [0.2, 0.25) is 0 Å². The average Bonchev–Trinajstić information content (AvgIpc) is 2.66. The van der Waals surface area contributed by atoms with Crippen molar-refractivity contribution in [1.82, 2.24) is 10.2 Å². The van der Waals surface area contributed by atoms with Crippen molar-refractivity contribution in [2.45, 2.75) is 31.6 Å². The lowest BCUT2D eigenvalue weighted by atomic mass is 10.3. The van der Waals surface area contributed by atoms with Crippen LogP contribution in [0.4, 0.5) is 0 Å². The Balaban J connectivity index is 2.02. The lowest BCUT2D eigenvalue weighted by Gasteiger charge is -1.92. The highest BCUT2D eigenvalue weighted by atomic mass is 35.5. The van der Waals surface area contributed by atoms with Gasteiger partial charge in [0.2, 0.25) is 11.8 Å². The van der Waals surface area contributed by atoms with Crippen LogP contribution in [0.15, 0.2) is 4.42 Å². The Bertz CT molecular complexity index is 268. The first-order valence-corrected chi connectivity index (χ1v) is 4.65. The maximum absolute atomic E-state index is 5.77. The van der Waals surface area contributed by atoms with Crippen molar-refractivity contribution in [3.05, 3.63) is 11.8 Å². The van der Waals surface area contributed by atoms with Gasteiger partial charge in [-0.1, -0.05) is 0 Å². The summed E-state index contributed by atoms with van der Waals surface area (Å²) < 4.78 is 5.34. The van der Waals surface area contributed by atoms with Gasteiger partial charge in [-0.3, -0.25) is 0 Å². The molecule has 2 rings (SSSR count). The molecule has 1 aliphatic rings. The quantitative estimate of drug-likeness (QED) is 0.681. The molecule has 0 radical (unpaired) electrons. The van der Waals surface area contributed by atoms with Gasteiger partial charge in [0.05, 0.1) is 0 Å². The highest BCUT2D eigenvalue weighted by Gasteiger charge is 2.24. The average molecular weight is 187 g/mol. The van der Waals surface area contributed by atoms with Crippen LogP contribution in [-0.4, -0.2) is 10.2 Å². The predicted octanol–water partition coefficient (Wildman–Crippen LogP) is 2.32. The summed E-state index contributed by atoms with van der Waals surface area (Å²) in [5.74, 6) is 2.05. The summed E-state index contributed by atoms with van der Waals surface area (Å²) in [4.78, 5) is 0. The number of nitrogens with zero attached hydrogens (tertiary/aromatic N) is 2. The molecule has 1 saturated carbocycles. The molecule has 0 spiro atoms. The van der Waals surface area contributed by atoms with Crippen molar-refractivity contribution in [3.8, 4) is 0 Å². The molecule has 1 heterocycles. The first-order chi connectivity index (χ1) is 5.75. The van der Waals surface area contributed by atoms with E-state index in [4.69, 9.17) is 16.0 Å². The number of hydrogen-bond donors (Lipinski definition) is 0. The molecule has 1 aliphatic carbocycles. The van der Waals surface area contributed by atoms with E-state index in [1.807, 2.05) is 6.92 Å². The smallest absolute Gasteiger partial charge is 0.234 e. The number of aromatic nitrogens is 2. The Labute approximate surface area is 76.1 Å². The minimum absolute atomic E-state index is 0.176. The molecular formula is C8H11ClN2O. The van der Waals surface area contributed by atoms with E-state index in [1.165, 1.54) is 12.8 Å². The van der Waals surface area contributed by atoms with Crippen LogP contribution in [0.1, 0.15) is 36.9 Å². The first kappa shape index (κ1) is 8.05. The lowest BCUT2D eigenvalue weighted by molar-refractivity contribution is 0.441. The third-order valence-corrected chi connectivity index (χ3v) is 2.17. The Hall–Kier alpha value is -0.570. The van der Waals surface area contributed by atoms with Gasteiger partial charge in [0, 0.05) is 6.42 Å². The second kappa shape index (κ2) is 3.05. The number of halogens is 1. The molecule has 1 unspecified atom stereocenters. The van der Waals surface area contributed by atoms with Gasteiger partial charge in [0.25, 0.3) is 0 Å². The summed E-state index contributed by atoms with van der Waals surface area (Å²) >= 11 is 5.77. The molecule has 0 saturated heterocycles. The van der Waals surface area contributed by atoms with Crippen molar-refractivity contribution in [3.63, 3.8) is 0 Å². The van der Waals surface area contributed by atoms with Gasteiger partial charge in [-0.25, -0.2) is 0 Å². The van der Waals surface area contributed by atoms with Crippen LogP contribution >= 0.6 is 11.6 Å². The van der Waals surface area contributed by atoms with Gasteiger partial charge in [-0.05, 0) is 25.7 Å². The largest absolute Gasteiger partial charge is 0.424 e. The summed E-state index contributed by atoms with van der Waals surface area (Å²) in [6.07, 6.45) is 3.53. The second-order valence-electron chi connectivity index (χ2n) is 3.30. The molecule has 1 aromatic rings. The summed E-state index contributed by atoms with van der Waals surface area (Å²) in [5.41, 5.74) is 0. The monoisotopic (exact) mass is 186 g/mol. The van der Waals surface area contributed by atoms with E-state index in [0.717, 1.165) is 18.2 Å². The molecular weight excluding hydrogens is 176 g/mol. The molecule has 0 N–H and O–H groups in total. The van der Waals surface area contributed by atoms with E-state index in [0.29, 0.717) is 5.89 Å². The van der Waals surface area contributed by atoms with Crippen LogP contribution in [-0.2, 0) is 6.42 Å². The second-order valence-corrected chi connectivity index (χ2v) is 3.95. The first-order valence-electron chi connectivity index (χ1n) is 4.22. The van der Waals surface area contributed by atoms with E-state index < -0.39 is 0 Å². The fourth-order valence-corrected chi connectivity index (χ4v) is 1.17. The zero-order chi connectivity index (χ0) is 8.55. The van der Waals surface area contributed by atoms with E-state index in [1.54, 1.807) is 0 Å². The van der Waals surface area contributed by atoms with Crippen LogP contribution in [0.5, 0.6) is 0 Å². The highest BCUT2D eigenvalue weighted by Crippen LogP contribution is 2.32. The Kier molecular flexibility index (Phi) is 2.05. The van der Waals surface area contributed by atoms with Gasteiger partial charge in [0.1, 0.15) is 5.38 Å². The highest BCUT2D eigenvalue weighted by molar-refractivity contribution is 6.20. The van der Waals surface area contributed by atoms with Crippen molar-refractivity contribution in [1.29, 1.82) is 0 Å². The molecule has 0 amide bonds. The van der Waals surface area contributed by atoms with Crippen LogP contribution < -0.4 is 0 Å². The van der Waals surface area contributed by atoms with Crippen LogP contribution in [0, 0.1) is 5.92 Å². The normalized spacial score (nSPS) is 19.5. The molecule has 1 fully saturated rings. The minimum atomic E-state index is -0.176. The standard InChI is InChI=1S/C8H11ClN2O/c1-5(9)8-11-10-7(12-8)4-6-2-3-6/h5-6H,2-4H2,1H3. The SMILES string of the molecule is CC(Cl)c1nnc(CC2CC2)o1. The molecule has 0 aliphatic heterocycles. The third kappa shape index (κ3) is 1.78. The lowest BCUT2D eigenvalue weighted by Crippen LogP contribution is -1.85. The number of hydrogen-bond acceptors (Lipinski definition) is 3. The minimum Gasteiger partial charge on any atom is -0.424 e. The van der Waals surface area contributed by atoms with Gasteiger partial charge >= 0.3 is 0 Å². The summed E-state index contributed by atoms with van der Waals surface area (Å²) in [6.45, 7) is 1.83. The van der Waals surface area contributed by atoms with Crippen molar-refractivity contribution in [2.75, 3.05) is 0 Å². The number of rotatable bonds is 3. The molecule has 12 heavy (non-hydrogen) atoms. The third-order valence-electron chi connectivity index (χ3n) is 1.98. The van der Waals surface area contributed by atoms with Crippen molar-refractivity contribution < 1.29 is 4.42 Å². The molecule has 66 valence electrons. The number of alkyl halides is 1. The maximum atomic E-state index is 5.77. The molecule has 1 atom stereocenters. The Morgan fingerprint density at radius 1 is 1.58 bits per heavy atom. The van der Waals surface area contributed by atoms with E-state index in [-0.39, 0.29) is 5.38 Å². The maximum Gasteiger partial charge on any atom is 0.234 e. The fourth-order valence-electron chi connectivity index (χ4n) is 1.08. The summed E-state index contributed by atoms with van der Waals surface area (Å²) in [5, 5.41) is 7.59. The van der Waals surface area contributed by atoms with E-state index >= 15 is 0 Å². The fraction of sp³-hybridized carbons (Fsp3) is 0.750. The zero-order valence-electron chi connectivity index (χ0n) is 6.96. The van der Waals surface area contributed by atoms with Gasteiger partial charge in [0.15, 0.2) is 0 Å². The van der Waals surface area contributed by atoms with Gasteiger partial charge in [-0.15, -0.1) is 21.8 Å². The van der Waals surface area contributed by atoms with Gasteiger partial charge < -0.3 is 4.42 Å². The Morgan fingerprint density at radius 3 is 2.83 bits per heavy atom. The molecule has 4 heteroatoms. The molecule has 0 aromatic carbocycles. The predicted molar refractivity (Wildman–Crippen MR) is 45.0 cm³/mol. The summed E-state index contributed by atoms with van der Waals surface area (Å²) in [6, 6.07) is 0.